The highest BCUT2D eigenvalue weighted by molar-refractivity contribution is 7.90. The summed E-state index contributed by atoms with van der Waals surface area (Å²) in [5.41, 5.74) is 1.57. The zero-order valence-electron chi connectivity index (χ0n) is 19.6. The Morgan fingerprint density at radius 1 is 1.03 bits per heavy atom. The van der Waals surface area contributed by atoms with Crippen molar-refractivity contribution in [1.82, 2.24) is 15.2 Å². The van der Waals surface area contributed by atoms with E-state index in [0.29, 0.717) is 29.8 Å². The van der Waals surface area contributed by atoms with Crippen molar-refractivity contribution in [2.24, 2.45) is 0 Å². The number of ether oxygens (including phenoxy) is 1. The van der Waals surface area contributed by atoms with Crippen molar-refractivity contribution in [3.8, 4) is 0 Å². The minimum absolute atomic E-state index is 0.160. The number of sulfone groups is 1. The maximum Gasteiger partial charge on any atom is 0.410 e. The van der Waals surface area contributed by atoms with E-state index < -0.39 is 40.3 Å². The summed E-state index contributed by atoms with van der Waals surface area (Å²) in [6.07, 6.45) is -0.636. The Bertz CT molecular complexity index is 1300. The van der Waals surface area contributed by atoms with Gasteiger partial charge >= 0.3 is 6.09 Å². The number of oxazole rings is 1. The molecule has 1 aromatic heterocycles. The van der Waals surface area contributed by atoms with Crippen LogP contribution in [0.4, 0.5) is 4.79 Å². The predicted molar refractivity (Wildman–Crippen MR) is 131 cm³/mol. The number of fused-ring (bicyclic) bond motifs is 1. The third kappa shape index (κ3) is 6.69. The molecule has 0 spiro atoms. The number of likely N-dealkylation sites (tertiary alicyclic amines) is 1. The highest BCUT2D eigenvalue weighted by Gasteiger charge is 2.29. The third-order valence-electron chi connectivity index (χ3n) is 5.78. The summed E-state index contributed by atoms with van der Waals surface area (Å²) in [7, 11) is -3.58. The van der Waals surface area contributed by atoms with Crippen molar-refractivity contribution in [2.45, 2.75) is 31.1 Å². The number of amides is 2. The van der Waals surface area contributed by atoms with Crippen LogP contribution in [0.15, 0.2) is 59.0 Å². The molecule has 4 rings (SSSR count). The number of benzene rings is 2. The van der Waals surface area contributed by atoms with E-state index in [1.165, 1.54) is 4.90 Å². The van der Waals surface area contributed by atoms with Crippen molar-refractivity contribution in [3.05, 3.63) is 66.1 Å². The molecule has 11 heteroatoms. The lowest BCUT2D eigenvalue weighted by Crippen LogP contribution is -2.43. The minimum atomic E-state index is -3.58. The number of ketones is 1. The summed E-state index contributed by atoms with van der Waals surface area (Å²) < 4.78 is 36.1. The number of hydrogen-bond donors (Lipinski definition) is 1. The number of aromatic nitrogens is 1. The van der Waals surface area contributed by atoms with Crippen LogP contribution < -0.4 is 5.32 Å². The largest absolute Gasteiger partial charge is 0.436 e. The van der Waals surface area contributed by atoms with Crippen LogP contribution in [-0.2, 0) is 25.1 Å². The first-order valence-electron chi connectivity index (χ1n) is 11.7. The second-order valence-electron chi connectivity index (χ2n) is 8.56. The van der Waals surface area contributed by atoms with E-state index in [9.17, 15) is 22.8 Å². The summed E-state index contributed by atoms with van der Waals surface area (Å²) in [5.74, 6) is -2.06. The topological polar surface area (TPSA) is 136 Å². The average Bonchev–Trinajstić information content (AvgIpc) is 3.55. The molecule has 0 bridgehead atoms. The van der Waals surface area contributed by atoms with Crippen LogP contribution >= 0.6 is 0 Å². The van der Waals surface area contributed by atoms with Gasteiger partial charge in [-0.2, -0.15) is 0 Å². The van der Waals surface area contributed by atoms with E-state index in [0.717, 1.165) is 12.8 Å². The number of nitrogens with one attached hydrogen (secondary N) is 1. The summed E-state index contributed by atoms with van der Waals surface area (Å²) in [5, 5.41) is 2.43. The van der Waals surface area contributed by atoms with Crippen molar-refractivity contribution in [2.75, 3.05) is 25.4 Å². The molecule has 2 amide bonds. The summed E-state index contributed by atoms with van der Waals surface area (Å²) in [6.45, 7) is 0.575. The number of rotatable bonds is 10. The molecule has 1 aliphatic rings. The molecule has 36 heavy (non-hydrogen) atoms. The van der Waals surface area contributed by atoms with Crippen molar-refractivity contribution in [1.29, 1.82) is 0 Å². The second kappa shape index (κ2) is 11.3. The fraction of sp³-hybridized carbons (Fsp3) is 0.360. The molecule has 0 unspecified atom stereocenters. The van der Waals surface area contributed by atoms with Gasteiger partial charge in [0.25, 0.3) is 11.8 Å². The maximum absolute atomic E-state index is 12.9. The second-order valence-corrected chi connectivity index (χ2v) is 10.7. The molecule has 2 aromatic carbocycles. The summed E-state index contributed by atoms with van der Waals surface area (Å²) in [6, 6.07) is 15.5. The number of carbonyl (C=O) groups is 3. The van der Waals surface area contributed by atoms with Gasteiger partial charge in [0.05, 0.1) is 18.1 Å². The third-order valence-corrected chi connectivity index (χ3v) is 7.41. The van der Waals surface area contributed by atoms with Gasteiger partial charge in [-0.3, -0.25) is 9.59 Å². The molecule has 1 aliphatic heterocycles. The molecule has 0 saturated carbocycles. The van der Waals surface area contributed by atoms with Crippen LogP contribution in [0.1, 0.15) is 35.5 Å². The minimum Gasteiger partial charge on any atom is -0.436 e. The SMILES string of the molecule is O=C(CNC(=O)[C@H](CCS(=O)(=O)Cc1ccccc1)OC(=O)N1CCCC1)c1nc2ccccc2o1. The predicted octanol–water partition coefficient (Wildman–Crippen LogP) is 2.73. The summed E-state index contributed by atoms with van der Waals surface area (Å²) in [4.78, 5) is 43.5. The van der Waals surface area contributed by atoms with Crippen LogP contribution in [0.3, 0.4) is 0 Å². The number of Topliss-reactive ketones (excluding diaryl/α,β-unsaturated/α-hetero) is 1. The van der Waals surface area contributed by atoms with Crippen LogP contribution in [0.25, 0.3) is 11.1 Å². The Balaban J connectivity index is 1.39. The molecule has 0 aliphatic carbocycles. The van der Waals surface area contributed by atoms with Gasteiger partial charge in [0.15, 0.2) is 21.5 Å². The van der Waals surface area contributed by atoms with Gasteiger partial charge in [-0.25, -0.2) is 18.2 Å². The highest BCUT2D eigenvalue weighted by Crippen LogP contribution is 2.16. The van der Waals surface area contributed by atoms with E-state index >= 15 is 0 Å². The van der Waals surface area contributed by atoms with E-state index in [4.69, 9.17) is 9.15 Å². The Hall–Kier alpha value is -3.73. The first-order valence-corrected chi connectivity index (χ1v) is 13.5. The van der Waals surface area contributed by atoms with Crippen LogP contribution in [0.5, 0.6) is 0 Å². The van der Waals surface area contributed by atoms with Crippen LogP contribution in [0, 0.1) is 0 Å². The smallest absolute Gasteiger partial charge is 0.410 e. The van der Waals surface area contributed by atoms with E-state index in [1.807, 2.05) is 0 Å². The molecular weight excluding hydrogens is 486 g/mol. The van der Waals surface area contributed by atoms with E-state index in [-0.39, 0.29) is 23.8 Å². The standard InChI is InChI=1S/C25H27N3O7S/c29-20(24-27-19-10-4-5-11-21(19)34-24)16-26-23(30)22(35-25(31)28-13-6-7-14-28)12-15-36(32,33)17-18-8-2-1-3-9-18/h1-5,8-11,22H,6-7,12-17H2,(H,26,30)/t22-/m0/s1. The van der Waals surface area contributed by atoms with Gasteiger partial charge in [0, 0.05) is 19.5 Å². The summed E-state index contributed by atoms with van der Waals surface area (Å²) >= 11 is 0. The fourth-order valence-electron chi connectivity index (χ4n) is 3.87. The quantitative estimate of drug-likeness (QED) is 0.409. The number of carbonyl (C=O) groups excluding carboxylic acids is 3. The molecule has 2 heterocycles. The van der Waals surface area contributed by atoms with Gasteiger partial charge in [-0.15, -0.1) is 0 Å². The first kappa shape index (κ1) is 25.4. The van der Waals surface area contributed by atoms with Crippen molar-refractivity contribution < 1.29 is 32.0 Å². The lowest BCUT2D eigenvalue weighted by molar-refractivity contribution is -0.129. The van der Waals surface area contributed by atoms with E-state index in [2.05, 4.69) is 10.3 Å². The van der Waals surface area contributed by atoms with Crippen molar-refractivity contribution >= 4 is 38.7 Å². The van der Waals surface area contributed by atoms with Gasteiger partial charge in [0.1, 0.15) is 5.52 Å². The molecule has 3 aromatic rings. The van der Waals surface area contributed by atoms with Crippen LogP contribution in [0.2, 0.25) is 0 Å². The van der Waals surface area contributed by atoms with Gasteiger partial charge < -0.3 is 19.4 Å². The van der Waals surface area contributed by atoms with Crippen LogP contribution in [-0.4, -0.2) is 67.6 Å². The van der Waals surface area contributed by atoms with Gasteiger partial charge in [-0.1, -0.05) is 42.5 Å². The zero-order valence-corrected chi connectivity index (χ0v) is 20.4. The number of para-hydroxylation sites is 2. The normalized spacial score (nSPS) is 14.5. The molecule has 0 radical (unpaired) electrons. The lowest BCUT2D eigenvalue weighted by Gasteiger charge is -2.21. The number of nitrogens with zero attached hydrogens (tertiary/aromatic N) is 2. The highest BCUT2D eigenvalue weighted by atomic mass is 32.2. The molecule has 190 valence electrons. The molecule has 1 N–H and O–H groups in total. The Morgan fingerprint density at radius 2 is 1.72 bits per heavy atom. The fourth-order valence-corrected chi connectivity index (χ4v) is 5.29. The lowest BCUT2D eigenvalue weighted by atomic mass is 10.2. The van der Waals surface area contributed by atoms with Crippen molar-refractivity contribution in [3.63, 3.8) is 0 Å². The Kier molecular flexibility index (Phi) is 7.99. The maximum atomic E-state index is 12.9. The zero-order chi connectivity index (χ0) is 25.5. The average molecular weight is 514 g/mol. The molecule has 10 nitrogen and oxygen atoms in total. The monoisotopic (exact) mass is 513 g/mol. The Labute approximate surface area is 208 Å². The molecule has 1 atom stereocenters. The van der Waals surface area contributed by atoms with Gasteiger partial charge in [-0.05, 0) is 30.5 Å². The molecule has 1 fully saturated rings. The first-order chi connectivity index (χ1) is 17.3. The number of hydrogen-bond acceptors (Lipinski definition) is 8. The van der Waals surface area contributed by atoms with Gasteiger partial charge in [0.2, 0.25) is 5.78 Å². The molecular formula is C25H27N3O7S. The molecule has 1 saturated heterocycles. The Morgan fingerprint density at radius 3 is 2.44 bits per heavy atom. The van der Waals surface area contributed by atoms with E-state index in [1.54, 1.807) is 54.6 Å².